The van der Waals surface area contributed by atoms with Gasteiger partial charge in [-0.25, -0.2) is 0 Å². The van der Waals surface area contributed by atoms with E-state index in [1.54, 1.807) is 7.11 Å². The van der Waals surface area contributed by atoms with E-state index in [0.717, 1.165) is 32.5 Å². The summed E-state index contributed by atoms with van der Waals surface area (Å²) in [6.45, 7) is 2.63. The lowest BCUT2D eigenvalue weighted by atomic mass is 9.96. The lowest BCUT2D eigenvalue weighted by Crippen LogP contribution is -2.38. The molecule has 1 heterocycles. The van der Waals surface area contributed by atoms with Crippen molar-refractivity contribution in [1.82, 2.24) is 10.2 Å². The van der Waals surface area contributed by atoms with Crippen LogP contribution in [0.15, 0.2) is 18.2 Å². The van der Waals surface area contributed by atoms with Crippen molar-refractivity contribution in [3.05, 3.63) is 23.8 Å². The molecule has 0 aromatic heterocycles. The number of likely N-dealkylation sites (tertiary alicyclic amines) is 1. The number of halogens is 1. The zero-order valence-corrected chi connectivity index (χ0v) is 18.6. The van der Waals surface area contributed by atoms with Crippen LogP contribution in [-0.2, 0) is 11.3 Å². The van der Waals surface area contributed by atoms with Crippen molar-refractivity contribution in [3.8, 4) is 11.5 Å². The second kappa shape index (κ2) is 13.0. The van der Waals surface area contributed by atoms with Crippen molar-refractivity contribution in [2.45, 2.75) is 76.8 Å². The van der Waals surface area contributed by atoms with Gasteiger partial charge >= 0.3 is 0 Å². The first-order valence-corrected chi connectivity index (χ1v) is 11.1. The van der Waals surface area contributed by atoms with Gasteiger partial charge in [-0.3, -0.25) is 4.79 Å². The van der Waals surface area contributed by atoms with Crippen molar-refractivity contribution in [1.29, 1.82) is 0 Å². The quantitative estimate of drug-likeness (QED) is 0.688. The minimum Gasteiger partial charge on any atom is -0.493 e. The van der Waals surface area contributed by atoms with Gasteiger partial charge in [-0.2, -0.15) is 0 Å². The highest BCUT2D eigenvalue weighted by Gasteiger charge is 2.18. The largest absolute Gasteiger partial charge is 0.493 e. The SMILES string of the molecule is COc1cc(CNC2CCCCCCC2)ccc1OCC(=O)N1CCCCC1.Cl. The Morgan fingerprint density at radius 1 is 1.00 bits per heavy atom. The fourth-order valence-electron chi connectivity index (χ4n) is 4.24. The molecular formula is C23H37ClN2O3. The second-order valence-electron chi connectivity index (χ2n) is 8.14. The third-order valence-corrected chi connectivity index (χ3v) is 5.99. The van der Waals surface area contributed by atoms with Gasteiger partial charge in [0.1, 0.15) is 0 Å². The summed E-state index contributed by atoms with van der Waals surface area (Å²) >= 11 is 0. The molecular weight excluding hydrogens is 388 g/mol. The Morgan fingerprint density at radius 2 is 1.66 bits per heavy atom. The van der Waals surface area contributed by atoms with Crippen LogP contribution in [0.2, 0.25) is 0 Å². The number of hydrogen-bond acceptors (Lipinski definition) is 4. The number of rotatable bonds is 7. The van der Waals surface area contributed by atoms with E-state index < -0.39 is 0 Å². The standard InChI is InChI=1S/C23H36N2O3.ClH/c1-27-22-16-19(17-24-20-10-6-3-2-4-7-11-20)12-13-21(22)28-18-23(26)25-14-8-5-9-15-25;/h12-13,16,20,24H,2-11,14-15,17-18H2,1H3;1H. The normalized spacial score (nSPS) is 18.3. The number of hydrogen-bond donors (Lipinski definition) is 1. The van der Waals surface area contributed by atoms with Crippen LogP contribution < -0.4 is 14.8 Å². The van der Waals surface area contributed by atoms with Crippen LogP contribution in [0.5, 0.6) is 11.5 Å². The summed E-state index contributed by atoms with van der Waals surface area (Å²) in [5.41, 5.74) is 1.19. The fourth-order valence-corrected chi connectivity index (χ4v) is 4.24. The molecule has 1 saturated heterocycles. The number of piperidine rings is 1. The third-order valence-electron chi connectivity index (χ3n) is 5.99. The molecule has 6 heteroatoms. The molecule has 1 saturated carbocycles. The van der Waals surface area contributed by atoms with Crippen molar-refractivity contribution < 1.29 is 14.3 Å². The molecule has 1 amide bonds. The van der Waals surface area contributed by atoms with E-state index >= 15 is 0 Å². The Balaban J connectivity index is 0.00000300. The van der Waals surface area contributed by atoms with E-state index in [0.29, 0.717) is 17.5 Å². The Labute approximate surface area is 181 Å². The zero-order valence-electron chi connectivity index (χ0n) is 17.8. The van der Waals surface area contributed by atoms with Gasteiger partial charge in [-0.1, -0.05) is 38.2 Å². The van der Waals surface area contributed by atoms with E-state index in [4.69, 9.17) is 9.47 Å². The van der Waals surface area contributed by atoms with Gasteiger partial charge in [-0.05, 0) is 49.8 Å². The molecule has 0 atom stereocenters. The van der Waals surface area contributed by atoms with Crippen LogP contribution in [0.25, 0.3) is 0 Å². The van der Waals surface area contributed by atoms with Crippen LogP contribution in [0, 0.1) is 0 Å². The fraction of sp³-hybridized carbons (Fsp3) is 0.696. The number of nitrogens with zero attached hydrogens (tertiary/aromatic N) is 1. The lowest BCUT2D eigenvalue weighted by molar-refractivity contribution is -0.134. The summed E-state index contributed by atoms with van der Waals surface area (Å²) in [7, 11) is 1.65. The molecule has 1 aromatic rings. The number of carbonyl (C=O) groups is 1. The van der Waals surface area contributed by atoms with Crippen LogP contribution >= 0.6 is 12.4 Å². The summed E-state index contributed by atoms with van der Waals surface area (Å²) in [6.07, 6.45) is 12.8. The molecule has 1 N–H and O–H groups in total. The van der Waals surface area contributed by atoms with Gasteiger partial charge in [0.25, 0.3) is 5.91 Å². The van der Waals surface area contributed by atoms with E-state index in [9.17, 15) is 4.79 Å². The highest BCUT2D eigenvalue weighted by molar-refractivity contribution is 5.85. The molecule has 1 aliphatic carbocycles. The van der Waals surface area contributed by atoms with Gasteiger partial charge in [0.05, 0.1) is 7.11 Å². The van der Waals surface area contributed by atoms with Crippen LogP contribution in [0.3, 0.4) is 0 Å². The molecule has 2 aliphatic rings. The topological polar surface area (TPSA) is 50.8 Å². The number of carbonyl (C=O) groups excluding carboxylic acids is 1. The molecule has 0 spiro atoms. The lowest BCUT2D eigenvalue weighted by Gasteiger charge is -2.26. The summed E-state index contributed by atoms with van der Waals surface area (Å²) in [4.78, 5) is 14.2. The first-order valence-electron chi connectivity index (χ1n) is 11.1. The van der Waals surface area contributed by atoms with Crippen molar-refractivity contribution >= 4 is 18.3 Å². The van der Waals surface area contributed by atoms with Crippen LogP contribution in [-0.4, -0.2) is 43.7 Å². The van der Waals surface area contributed by atoms with E-state index in [-0.39, 0.29) is 24.9 Å². The highest BCUT2D eigenvalue weighted by atomic mass is 35.5. The highest BCUT2D eigenvalue weighted by Crippen LogP contribution is 2.28. The van der Waals surface area contributed by atoms with Crippen LogP contribution in [0.4, 0.5) is 0 Å². The molecule has 29 heavy (non-hydrogen) atoms. The molecule has 0 unspecified atom stereocenters. The van der Waals surface area contributed by atoms with Gasteiger partial charge in [-0.15, -0.1) is 12.4 Å². The van der Waals surface area contributed by atoms with Gasteiger partial charge < -0.3 is 19.7 Å². The van der Waals surface area contributed by atoms with Gasteiger partial charge in [0.2, 0.25) is 0 Å². The molecule has 0 bridgehead atoms. The minimum atomic E-state index is 0. The summed E-state index contributed by atoms with van der Waals surface area (Å²) < 4.78 is 11.3. The summed E-state index contributed by atoms with van der Waals surface area (Å²) in [5, 5.41) is 3.71. The number of ether oxygens (including phenoxy) is 2. The summed E-state index contributed by atoms with van der Waals surface area (Å²) in [5.74, 6) is 1.41. The average Bonchev–Trinajstić information content (AvgIpc) is 2.72. The van der Waals surface area contributed by atoms with Crippen molar-refractivity contribution in [2.75, 3.05) is 26.8 Å². The average molecular weight is 425 g/mol. The van der Waals surface area contributed by atoms with E-state index in [1.165, 1.54) is 56.9 Å². The van der Waals surface area contributed by atoms with Gasteiger partial charge in [0.15, 0.2) is 18.1 Å². The zero-order chi connectivity index (χ0) is 19.6. The maximum absolute atomic E-state index is 12.3. The first kappa shape index (κ1) is 23.8. The number of amides is 1. The van der Waals surface area contributed by atoms with Crippen molar-refractivity contribution in [2.24, 2.45) is 0 Å². The van der Waals surface area contributed by atoms with E-state index in [1.807, 2.05) is 17.0 Å². The predicted molar refractivity (Wildman–Crippen MR) is 119 cm³/mol. The Bertz CT molecular complexity index is 612. The van der Waals surface area contributed by atoms with Crippen LogP contribution in [0.1, 0.15) is 69.8 Å². The molecule has 5 nitrogen and oxygen atoms in total. The second-order valence-corrected chi connectivity index (χ2v) is 8.14. The third kappa shape index (κ3) is 7.71. The Hall–Kier alpha value is -1.46. The Morgan fingerprint density at radius 3 is 2.34 bits per heavy atom. The maximum Gasteiger partial charge on any atom is 0.260 e. The first-order chi connectivity index (χ1) is 13.8. The molecule has 164 valence electrons. The number of methoxy groups -OCH3 is 1. The molecule has 3 rings (SSSR count). The molecule has 0 radical (unpaired) electrons. The van der Waals surface area contributed by atoms with Crippen molar-refractivity contribution in [3.63, 3.8) is 0 Å². The monoisotopic (exact) mass is 424 g/mol. The summed E-state index contributed by atoms with van der Waals surface area (Å²) in [6, 6.07) is 6.64. The molecule has 2 fully saturated rings. The van der Waals surface area contributed by atoms with E-state index in [2.05, 4.69) is 11.4 Å². The smallest absolute Gasteiger partial charge is 0.260 e. The number of benzene rings is 1. The Kier molecular flexibility index (Phi) is 10.6. The predicted octanol–water partition coefficient (Wildman–Crippen LogP) is 4.71. The molecule has 1 aliphatic heterocycles. The molecule has 1 aromatic carbocycles. The van der Waals surface area contributed by atoms with Gasteiger partial charge in [0, 0.05) is 25.7 Å². The number of nitrogens with one attached hydrogen (secondary N) is 1. The minimum absolute atomic E-state index is 0. The maximum atomic E-state index is 12.3.